The maximum atomic E-state index is 10.6. The lowest BCUT2D eigenvalue weighted by Crippen LogP contribution is -2.33. The fourth-order valence-electron chi connectivity index (χ4n) is 0.822. The SMILES string of the molecule is COC[C@@H]1C=CC(=O)C(O)O1. The van der Waals surface area contributed by atoms with Crippen molar-refractivity contribution in [1.29, 1.82) is 0 Å². The van der Waals surface area contributed by atoms with Gasteiger partial charge in [0.2, 0.25) is 12.1 Å². The first-order chi connectivity index (χ1) is 5.24. The van der Waals surface area contributed by atoms with Crippen LogP contribution in [0.15, 0.2) is 12.2 Å². The topological polar surface area (TPSA) is 55.8 Å². The second-order valence-electron chi connectivity index (χ2n) is 2.24. The summed E-state index contributed by atoms with van der Waals surface area (Å²) >= 11 is 0. The minimum atomic E-state index is -1.32. The number of aliphatic hydroxyl groups is 1. The molecule has 0 saturated heterocycles. The summed E-state index contributed by atoms with van der Waals surface area (Å²) in [7, 11) is 1.53. The van der Waals surface area contributed by atoms with Gasteiger partial charge in [0.15, 0.2) is 0 Å². The van der Waals surface area contributed by atoms with Crippen LogP contribution in [0.4, 0.5) is 0 Å². The second kappa shape index (κ2) is 3.61. The number of ketones is 1. The molecule has 0 fully saturated rings. The van der Waals surface area contributed by atoms with E-state index in [0.29, 0.717) is 6.61 Å². The van der Waals surface area contributed by atoms with Crippen molar-refractivity contribution in [3.8, 4) is 0 Å². The van der Waals surface area contributed by atoms with Gasteiger partial charge in [0, 0.05) is 7.11 Å². The third kappa shape index (κ3) is 2.11. The molecular formula is C7H10O4. The molecule has 1 rings (SSSR count). The Morgan fingerprint density at radius 1 is 1.82 bits per heavy atom. The van der Waals surface area contributed by atoms with Crippen LogP contribution in [0.1, 0.15) is 0 Å². The molecule has 0 amide bonds. The zero-order valence-corrected chi connectivity index (χ0v) is 6.19. The molecule has 1 unspecified atom stereocenters. The lowest BCUT2D eigenvalue weighted by Gasteiger charge is -2.19. The molecule has 4 nitrogen and oxygen atoms in total. The normalized spacial score (nSPS) is 30.9. The number of methoxy groups -OCH3 is 1. The van der Waals surface area contributed by atoms with E-state index in [4.69, 9.17) is 14.6 Å². The Kier molecular flexibility index (Phi) is 2.76. The van der Waals surface area contributed by atoms with Crippen LogP contribution < -0.4 is 0 Å². The minimum absolute atomic E-state index is 0.312. The average molecular weight is 158 g/mol. The minimum Gasteiger partial charge on any atom is -0.382 e. The maximum absolute atomic E-state index is 10.6. The zero-order valence-electron chi connectivity index (χ0n) is 6.19. The Bertz CT molecular complexity index is 175. The molecule has 0 bridgehead atoms. The molecule has 0 aromatic carbocycles. The van der Waals surface area contributed by atoms with Crippen molar-refractivity contribution in [3.05, 3.63) is 12.2 Å². The molecule has 0 radical (unpaired) electrons. The molecule has 1 aliphatic rings. The van der Waals surface area contributed by atoms with Gasteiger partial charge in [0.05, 0.1) is 6.61 Å². The van der Waals surface area contributed by atoms with Gasteiger partial charge in [-0.3, -0.25) is 4.79 Å². The van der Waals surface area contributed by atoms with Crippen molar-refractivity contribution in [2.45, 2.75) is 12.4 Å². The highest BCUT2D eigenvalue weighted by Crippen LogP contribution is 2.06. The number of rotatable bonds is 2. The summed E-state index contributed by atoms with van der Waals surface area (Å²) in [4.78, 5) is 10.6. The first-order valence-corrected chi connectivity index (χ1v) is 3.28. The molecule has 0 aromatic rings. The van der Waals surface area contributed by atoms with Crippen molar-refractivity contribution in [2.24, 2.45) is 0 Å². The molecule has 62 valence electrons. The molecule has 0 spiro atoms. The van der Waals surface area contributed by atoms with E-state index >= 15 is 0 Å². The highest BCUT2D eigenvalue weighted by Gasteiger charge is 2.21. The standard InChI is InChI=1S/C7H10O4/c1-10-4-5-2-3-6(8)7(9)11-5/h2-3,5,7,9H,4H2,1H3/t5-,7?/m0/s1. The van der Waals surface area contributed by atoms with Gasteiger partial charge >= 0.3 is 0 Å². The summed E-state index contributed by atoms with van der Waals surface area (Å²) in [5.74, 6) is -0.419. The van der Waals surface area contributed by atoms with Crippen LogP contribution in [0.3, 0.4) is 0 Å². The number of carbonyl (C=O) groups excluding carboxylic acids is 1. The van der Waals surface area contributed by atoms with Crippen LogP contribution in [-0.4, -0.2) is 37.0 Å². The summed E-state index contributed by atoms with van der Waals surface area (Å²) in [5, 5.41) is 8.90. The molecular weight excluding hydrogens is 148 g/mol. The molecule has 11 heavy (non-hydrogen) atoms. The van der Waals surface area contributed by atoms with Gasteiger partial charge < -0.3 is 14.6 Å². The van der Waals surface area contributed by atoms with Crippen LogP contribution in [0.2, 0.25) is 0 Å². The second-order valence-corrected chi connectivity index (χ2v) is 2.24. The lowest BCUT2D eigenvalue weighted by molar-refractivity contribution is -0.165. The van der Waals surface area contributed by atoms with Crippen molar-refractivity contribution in [2.75, 3.05) is 13.7 Å². The van der Waals surface area contributed by atoms with E-state index in [-0.39, 0.29) is 6.10 Å². The third-order valence-corrected chi connectivity index (χ3v) is 1.35. The molecule has 4 heteroatoms. The molecule has 1 aliphatic heterocycles. The number of hydrogen-bond acceptors (Lipinski definition) is 4. The van der Waals surface area contributed by atoms with Crippen LogP contribution in [0.5, 0.6) is 0 Å². The smallest absolute Gasteiger partial charge is 0.220 e. The van der Waals surface area contributed by atoms with Gasteiger partial charge in [-0.25, -0.2) is 0 Å². The van der Waals surface area contributed by atoms with Gasteiger partial charge in [-0.2, -0.15) is 0 Å². The van der Waals surface area contributed by atoms with Crippen molar-refractivity contribution >= 4 is 5.78 Å². The predicted molar refractivity (Wildman–Crippen MR) is 36.9 cm³/mol. The van der Waals surface area contributed by atoms with E-state index < -0.39 is 12.1 Å². The molecule has 0 aromatic heterocycles. The van der Waals surface area contributed by atoms with E-state index in [0.717, 1.165) is 0 Å². The number of carbonyl (C=O) groups is 1. The Morgan fingerprint density at radius 2 is 2.55 bits per heavy atom. The molecule has 2 atom stereocenters. The Morgan fingerprint density at radius 3 is 3.09 bits per heavy atom. The number of aliphatic hydroxyl groups excluding tert-OH is 1. The fourth-order valence-corrected chi connectivity index (χ4v) is 0.822. The van der Waals surface area contributed by atoms with Gasteiger partial charge in [0.25, 0.3) is 0 Å². The zero-order chi connectivity index (χ0) is 8.27. The number of hydrogen-bond donors (Lipinski definition) is 1. The highest BCUT2D eigenvalue weighted by atomic mass is 16.6. The summed E-state index contributed by atoms with van der Waals surface area (Å²) in [6, 6.07) is 0. The summed E-state index contributed by atoms with van der Waals surface area (Å²) < 4.78 is 9.60. The van der Waals surface area contributed by atoms with Crippen molar-refractivity contribution < 1.29 is 19.4 Å². The lowest BCUT2D eigenvalue weighted by atomic mass is 10.2. The van der Waals surface area contributed by atoms with E-state index in [1.165, 1.54) is 13.2 Å². The van der Waals surface area contributed by atoms with Crippen LogP contribution in [0.25, 0.3) is 0 Å². The Balaban J connectivity index is 2.49. The van der Waals surface area contributed by atoms with Crippen LogP contribution >= 0.6 is 0 Å². The fraction of sp³-hybridized carbons (Fsp3) is 0.571. The van der Waals surface area contributed by atoms with Crippen molar-refractivity contribution in [3.63, 3.8) is 0 Å². The van der Waals surface area contributed by atoms with Crippen LogP contribution in [0, 0.1) is 0 Å². The predicted octanol–water partition coefficient (Wildman–Crippen LogP) is -0.525. The molecule has 0 aliphatic carbocycles. The number of ether oxygens (including phenoxy) is 2. The monoisotopic (exact) mass is 158 g/mol. The molecule has 0 saturated carbocycles. The molecule has 1 heterocycles. The summed E-state index contributed by atoms with van der Waals surface area (Å²) in [5.41, 5.74) is 0. The van der Waals surface area contributed by atoms with Gasteiger partial charge in [-0.15, -0.1) is 0 Å². The quantitative estimate of drug-likeness (QED) is 0.587. The largest absolute Gasteiger partial charge is 0.382 e. The third-order valence-electron chi connectivity index (χ3n) is 1.35. The van der Waals surface area contributed by atoms with Gasteiger partial charge in [-0.1, -0.05) is 0 Å². The van der Waals surface area contributed by atoms with Gasteiger partial charge in [-0.05, 0) is 12.2 Å². The van der Waals surface area contributed by atoms with Crippen LogP contribution in [-0.2, 0) is 14.3 Å². The Labute approximate surface area is 64.4 Å². The van der Waals surface area contributed by atoms with Gasteiger partial charge in [0.1, 0.15) is 6.10 Å². The first-order valence-electron chi connectivity index (χ1n) is 3.28. The van der Waals surface area contributed by atoms with E-state index in [1.807, 2.05) is 0 Å². The highest BCUT2D eigenvalue weighted by molar-refractivity contribution is 5.93. The van der Waals surface area contributed by atoms with E-state index in [9.17, 15) is 4.79 Å². The summed E-state index contributed by atoms with van der Waals surface area (Å²) in [6.07, 6.45) is 1.24. The molecule has 1 N–H and O–H groups in total. The average Bonchev–Trinajstić information content (AvgIpc) is 1.98. The van der Waals surface area contributed by atoms with E-state index in [2.05, 4.69) is 0 Å². The first kappa shape index (κ1) is 8.39. The summed E-state index contributed by atoms with van der Waals surface area (Å²) in [6.45, 7) is 0.348. The van der Waals surface area contributed by atoms with E-state index in [1.54, 1.807) is 6.08 Å². The van der Waals surface area contributed by atoms with Crippen molar-refractivity contribution in [1.82, 2.24) is 0 Å². The Hall–Kier alpha value is -0.710. The maximum Gasteiger partial charge on any atom is 0.220 e.